The second-order valence-electron chi connectivity index (χ2n) is 2.72. The Kier molecular flexibility index (Phi) is 2.16. The Morgan fingerprint density at radius 3 is 2.93 bits per heavy atom. The summed E-state index contributed by atoms with van der Waals surface area (Å²) in [5.74, 6) is 0. The topological polar surface area (TPSA) is 69.2 Å². The van der Waals surface area contributed by atoms with Gasteiger partial charge in [-0.05, 0) is 33.4 Å². The second-order valence-corrected chi connectivity index (χ2v) is 4.49. The van der Waals surface area contributed by atoms with Gasteiger partial charge < -0.3 is 5.73 Å². The second kappa shape index (κ2) is 3.21. The lowest BCUT2D eigenvalue weighted by Crippen LogP contribution is -1.92. The molecule has 2 rings (SSSR count). The van der Waals surface area contributed by atoms with Crippen LogP contribution in [0.15, 0.2) is 22.0 Å². The van der Waals surface area contributed by atoms with Crippen LogP contribution in [-0.4, -0.2) is 4.92 Å². The van der Waals surface area contributed by atoms with Gasteiger partial charge in [0.05, 0.1) is 9.40 Å². The predicted octanol–water partition coefficient (Wildman–Crippen LogP) is 3.15. The highest BCUT2D eigenvalue weighted by atomic mass is 79.9. The Bertz CT molecular complexity index is 523. The monoisotopic (exact) mass is 272 g/mol. The number of rotatable bonds is 1. The zero-order valence-corrected chi connectivity index (χ0v) is 9.26. The van der Waals surface area contributed by atoms with Gasteiger partial charge in [0, 0.05) is 11.1 Å². The highest BCUT2D eigenvalue weighted by Crippen LogP contribution is 2.39. The molecule has 1 heterocycles. The number of benzene rings is 1. The van der Waals surface area contributed by atoms with Crippen molar-refractivity contribution in [3.63, 3.8) is 0 Å². The first-order valence-corrected chi connectivity index (χ1v) is 5.38. The summed E-state index contributed by atoms with van der Waals surface area (Å²) >= 11 is 4.46. The number of nitrogen functional groups attached to an aromatic ring is 1. The van der Waals surface area contributed by atoms with Gasteiger partial charge in [-0.1, -0.05) is 0 Å². The standard InChI is InChI=1S/C8H5BrN2O2S/c9-5-3-6(10)4-1-2-14-8(4)7(5)11(12)13/h1-3H,10H2. The summed E-state index contributed by atoms with van der Waals surface area (Å²) in [5, 5.41) is 13.3. The molecule has 0 spiro atoms. The van der Waals surface area contributed by atoms with E-state index in [-0.39, 0.29) is 5.69 Å². The number of thiophene rings is 1. The smallest absolute Gasteiger partial charge is 0.301 e. The minimum atomic E-state index is -0.400. The molecular weight excluding hydrogens is 268 g/mol. The van der Waals surface area contributed by atoms with E-state index in [1.54, 1.807) is 17.5 Å². The molecular formula is C8H5BrN2O2S. The SMILES string of the molecule is Nc1cc(Br)c([N+](=O)[O-])c2sccc12. The van der Waals surface area contributed by atoms with E-state index in [9.17, 15) is 10.1 Å². The van der Waals surface area contributed by atoms with Crippen LogP contribution >= 0.6 is 27.3 Å². The van der Waals surface area contributed by atoms with Gasteiger partial charge in [0.2, 0.25) is 0 Å². The fourth-order valence-electron chi connectivity index (χ4n) is 1.28. The van der Waals surface area contributed by atoms with E-state index < -0.39 is 4.92 Å². The van der Waals surface area contributed by atoms with E-state index in [0.717, 1.165) is 5.39 Å². The third-order valence-electron chi connectivity index (χ3n) is 1.88. The van der Waals surface area contributed by atoms with Crippen molar-refractivity contribution in [2.45, 2.75) is 0 Å². The lowest BCUT2D eigenvalue weighted by atomic mass is 10.2. The van der Waals surface area contributed by atoms with Crippen LogP contribution in [0, 0.1) is 10.1 Å². The Morgan fingerprint density at radius 2 is 2.29 bits per heavy atom. The quantitative estimate of drug-likeness (QED) is 0.493. The number of halogens is 1. The van der Waals surface area contributed by atoms with Gasteiger partial charge in [0.25, 0.3) is 0 Å². The molecule has 0 atom stereocenters. The maximum absolute atomic E-state index is 10.8. The third kappa shape index (κ3) is 1.27. The van der Waals surface area contributed by atoms with Crippen LogP contribution in [0.5, 0.6) is 0 Å². The fourth-order valence-corrected chi connectivity index (χ4v) is 2.95. The minimum Gasteiger partial charge on any atom is -0.398 e. The molecule has 6 heteroatoms. The molecule has 0 radical (unpaired) electrons. The highest BCUT2D eigenvalue weighted by molar-refractivity contribution is 9.10. The zero-order valence-electron chi connectivity index (χ0n) is 6.86. The van der Waals surface area contributed by atoms with Crippen LogP contribution in [0.25, 0.3) is 10.1 Å². The van der Waals surface area contributed by atoms with Gasteiger partial charge in [-0.3, -0.25) is 10.1 Å². The summed E-state index contributed by atoms with van der Waals surface area (Å²) in [6, 6.07) is 3.35. The highest BCUT2D eigenvalue weighted by Gasteiger charge is 2.19. The number of nitro groups is 1. The van der Waals surface area contributed by atoms with Gasteiger partial charge in [0.1, 0.15) is 4.70 Å². The number of anilines is 1. The van der Waals surface area contributed by atoms with Crippen LogP contribution in [-0.2, 0) is 0 Å². The molecule has 0 aliphatic heterocycles. The molecule has 0 aliphatic rings. The number of hydrogen-bond donors (Lipinski definition) is 1. The van der Waals surface area contributed by atoms with E-state index in [2.05, 4.69) is 15.9 Å². The molecule has 4 nitrogen and oxygen atoms in total. The lowest BCUT2D eigenvalue weighted by molar-refractivity contribution is -0.383. The Hall–Kier alpha value is -1.14. The van der Waals surface area contributed by atoms with E-state index in [1.807, 2.05) is 0 Å². The summed E-state index contributed by atoms with van der Waals surface area (Å²) in [5.41, 5.74) is 6.37. The molecule has 1 aromatic heterocycles. The third-order valence-corrected chi connectivity index (χ3v) is 3.41. The van der Waals surface area contributed by atoms with E-state index >= 15 is 0 Å². The molecule has 0 saturated heterocycles. The van der Waals surface area contributed by atoms with Gasteiger partial charge in [-0.2, -0.15) is 0 Å². The molecule has 1 aromatic carbocycles. The largest absolute Gasteiger partial charge is 0.398 e. The first-order chi connectivity index (χ1) is 6.61. The Labute approximate surface area is 91.6 Å². The molecule has 0 fully saturated rings. The summed E-state index contributed by atoms with van der Waals surface area (Å²) < 4.78 is 1.04. The van der Waals surface area contributed by atoms with Crippen molar-refractivity contribution in [1.82, 2.24) is 0 Å². The predicted molar refractivity (Wildman–Crippen MR) is 60.6 cm³/mol. The van der Waals surface area contributed by atoms with E-state index in [4.69, 9.17) is 5.73 Å². The van der Waals surface area contributed by atoms with Crippen LogP contribution in [0.1, 0.15) is 0 Å². The maximum Gasteiger partial charge on any atom is 0.301 e. The average molecular weight is 273 g/mol. The summed E-state index contributed by atoms with van der Waals surface area (Å²) in [6.45, 7) is 0. The maximum atomic E-state index is 10.8. The Balaban J connectivity index is 2.93. The van der Waals surface area contributed by atoms with Crippen molar-refractivity contribution in [1.29, 1.82) is 0 Å². The number of hydrogen-bond acceptors (Lipinski definition) is 4. The van der Waals surface area contributed by atoms with Crippen molar-refractivity contribution in [2.75, 3.05) is 5.73 Å². The van der Waals surface area contributed by atoms with E-state index in [0.29, 0.717) is 14.9 Å². The van der Waals surface area contributed by atoms with Gasteiger partial charge >= 0.3 is 5.69 Å². The molecule has 14 heavy (non-hydrogen) atoms. The number of nitro benzene ring substituents is 1. The van der Waals surface area contributed by atoms with E-state index in [1.165, 1.54) is 11.3 Å². The van der Waals surface area contributed by atoms with Crippen LogP contribution in [0.4, 0.5) is 11.4 Å². The molecule has 0 bridgehead atoms. The average Bonchev–Trinajstić information content (AvgIpc) is 2.51. The first kappa shape index (κ1) is 9.42. The number of nitrogens with zero attached hydrogens (tertiary/aromatic N) is 1. The van der Waals surface area contributed by atoms with Crippen LogP contribution in [0.2, 0.25) is 0 Å². The minimum absolute atomic E-state index is 0.0872. The number of fused-ring (bicyclic) bond motifs is 1. The summed E-state index contributed by atoms with van der Waals surface area (Å²) in [4.78, 5) is 10.4. The number of nitrogens with two attached hydrogens (primary N) is 1. The molecule has 2 N–H and O–H groups in total. The van der Waals surface area contributed by atoms with Crippen LogP contribution in [0.3, 0.4) is 0 Å². The molecule has 0 aliphatic carbocycles. The van der Waals surface area contributed by atoms with Gasteiger partial charge in [-0.25, -0.2) is 0 Å². The van der Waals surface area contributed by atoms with Crippen molar-refractivity contribution in [3.05, 3.63) is 32.1 Å². The van der Waals surface area contributed by atoms with Crippen molar-refractivity contribution >= 4 is 48.7 Å². The molecule has 0 unspecified atom stereocenters. The van der Waals surface area contributed by atoms with Crippen LogP contribution < -0.4 is 5.73 Å². The molecule has 72 valence electrons. The first-order valence-electron chi connectivity index (χ1n) is 3.71. The normalized spacial score (nSPS) is 10.6. The van der Waals surface area contributed by atoms with Crippen molar-refractivity contribution in [2.24, 2.45) is 0 Å². The lowest BCUT2D eigenvalue weighted by Gasteiger charge is -2.00. The molecule has 0 amide bonds. The van der Waals surface area contributed by atoms with Gasteiger partial charge in [-0.15, -0.1) is 11.3 Å². The van der Waals surface area contributed by atoms with Crippen molar-refractivity contribution < 1.29 is 4.92 Å². The van der Waals surface area contributed by atoms with Gasteiger partial charge in [0.15, 0.2) is 0 Å². The zero-order chi connectivity index (χ0) is 10.3. The fraction of sp³-hybridized carbons (Fsp3) is 0. The van der Waals surface area contributed by atoms with Crippen molar-refractivity contribution in [3.8, 4) is 0 Å². The summed E-state index contributed by atoms with van der Waals surface area (Å²) in [7, 11) is 0. The Morgan fingerprint density at radius 1 is 1.57 bits per heavy atom. The molecule has 0 saturated carbocycles. The summed E-state index contributed by atoms with van der Waals surface area (Å²) in [6.07, 6.45) is 0. The molecule has 2 aromatic rings.